The predicted molar refractivity (Wildman–Crippen MR) is 70.3 cm³/mol. The number of carboxylic acid groups (broad SMARTS) is 1. The molecule has 1 aromatic rings. The number of hydrogen-bond donors (Lipinski definition) is 2. The summed E-state index contributed by atoms with van der Waals surface area (Å²) < 4.78 is 10.7. The maximum Gasteiger partial charge on any atom is 0.371 e. The molecule has 1 amide bonds. The van der Waals surface area contributed by atoms with E-state index in [4.69, 9.17) is 14.3 Å². The van der Waals surface area contributed by atoms with Gasteiger partial charge in [0.1, 0.15) is 5.76 Å². The number of furan rings is 1. The van der Waals surface area contributed by atoms with E-state index >= 15 is 0 Å². The topological polar surface area (TPSA) is 88.8 Å². The predicted octanol–water partition coefficient (Wildman–Crippen LogP) is 1.94. The van der Waals surface area contributed by atoms with E-state index in [0.29, 0.717) is 24.7 Å². The van der Waals surface area contributed by atoms with Crippen molar-refractivity contribution in [3.8, 4) is 0 Å². The second-order valence-electron chi connectivity index (χ2n) is 5.03. The second kappa shape index (κ2) is 6.56. The molecule has 1 aliphatic heterocycles. The summed E-state index contributed by atoms with van der Waals surface area (Å²) in [6.07, 6.45) is 3.66. The van der Waals surface area contributed by atoms with Gasteiger partial charge in [0.05, 0.1) is 18.8 Å². The highest BCUT2D eigenvalue weighted by molar-refractivity contribution is 5.84. The largest absolute Gasteiger partial charge is 0.475 e. The van der Waals surface area contributed by atoms with Crippen molar-refractivity contribution in [1.82, 2.24) is 5.32 Å². The molecule has 2 rings (SSSR count). The van der Waals surface area contributed by atoms with Gasteiger partial charge in [0.15, 0.2) is 0 Å². The van der Waals surface area contributed by atoms with Gasteiger partial charge in [0.25, 0.3) is 0 Å². The van der Waals surface area contributed by atoms with Crippen LogP contribution in [0.25, 0.3) is 0 Å². The molecular formula is C14H19NO5. The molecule has 2 heterocycles. The van der Waals surface area contributed by atoms with Crippen LogP contribution in [-0.4, -0.2) is 29.2 Å². The molecule has 6 heteroatoms. The minimum absolute atomic E-state index is 0.0820. The molecule has 1 aromatic heterocycles. The number of nitrogens with one attached hydrogen (secondary N) is 1. The van der Waals surface area contributed by atoms with Gasteiger partial charge < -0.3 is 19.6 Å². The van der Waals surface area contributed by atoms with Crippen molar-refractivity contribution in [3.63, 3.8) is 0 Å². The first kappa shape index (κ1) is 14.6. The highest BCUT2D eigenvalue weighted by Gasteiger charge is 2.22. The summed E-state index contributed by atoms with van der Waals surface area (Å²) in [4.78, 5) is 22.3. The van der Waals surface area contributed by atoms with Crippen LogP contribution >= 0.6 is 0 Å². The Bertz CT molecular complexity index is 482. The highest BCUT2D eigenvalue weighted by atomic mass is 16.5. The second-order valence-corrected chi connectivity index (χ2v) is 5.03. The molecule has 1 aliphatic rings. The van der Waals surface area contributed by atoms with E-state index in [1.165, 1.54) is 6.07 Å². The number of ether oxygens (including phenoxy) is 1. The molecule has 0 bridgehead atoms. The SMILES string of the molecule is C[C@@H]1CC[C@@H](CCC(=O)NCc2ccc(C(=O)O)o2)O1. The van der Waals surface area contributed by atoms with Gasteiger partial charge >= 0.3 is 5.97 Å². The van der Waals surface area contributed by atoms with Crippen LogP contribution in [0, 0.1) is 0 Å². The standard InChI is InChI=1S/C14H19NO5/c1-9-2-3-10(19-9)5-7-13(16)15-8-11-4-6-12(20-11)14(17)18/h4,6,9-10H,2-3,5,7-8H2,1H3,(H,15,16)(H,17,18)/t9-,10+/m1/s1. The molecule has 6 nitrogen and oxygen atoms in total. The fourth-order valence-corrected chi connectivity index (χ4v) is 2.25. The van der Waals surface area contributed by atoms with Crippen LogP contribution in [0.3, 0.4) is 0 Å². The third kappa shape index (κ3) is 4.09. The monoisotopic (exact) mass is 281 g/mol. The number of aromatic carboxylic acids is 1. The molecule has 0 saturated carbocycles. The molecule has 110 valence electrons. The van der Waals surface area contributed by atoms with Crippen LogP contribution in [0.1, 0.15) is 48.9 Å². The van der Waals surface area contributed by atoms with Crippen molar-refractivity contribution in [2.75, 3.05) is 0 Å². The number of amides is 1. The van der Waals surface area contributed by atoms with Gasteiger partial charge in [-0.2, -0.15) is 0 Å². The Labute approximate surface area is 117 Å². The van der Waals surface area contributed by atoms with Crippen LogP contribution in [0.4, 0.5) is 0 Å². The summed E-state index contributed by atoms with van der Waals surface area (Å²) in [6.45, 7) is 2.24. The summed E-state index contributed by atoms with van der Waals surface area (Å²) >= 11 is 0. The smallest absolute Gasteiger partial charge is 0.371 e. The van der Waals surface area contributed by atoms with E-state index in [-0.39, 0.29) is 24.3 Å². The first-order chi connectivity index (χ1) is 9.54. The molecule has 2 atom stereocenters. The van der Waals surface area contributed by atoms with Gasteiger partial charge in [-0.25, -0.2) is 4.79 Å². The van der Waals surface area contributed by atoms with Gasteiger partial charge in [-0.1, -0.05) is 0 Å². The Balaban J connectivity index is 1.68. The molecule has 0 radical (unpaired) electrons. The molecule has 0 aliphatic carbocycles. The minimum atomic E-state index is -1.12. The van der Waals surface area contributed by atoms with E-state index in [9.17, 15) is 9.59 Å². The Hall–Kier alpha value is -1.82. The summed E-state index contributed by atoms with van der Waals surface area (Å²) in [6, 6.07) is 2.92. The van der Waals surface area contributed by atoms with Crippen molar-refractivity contribution in [3.05, 3.63) is 23.7 Å². The van der Waals surface area contributed by atoms with Crippen LogP contribution in [0.2, 0.25) is 0 Å². The maximum absolute atomic E-state index is 11.7. The maximum atomic E-state index is 11.7. The van der Waals surface area contributed by atoms with Crippen molar-refractivity contribution >= 4 is 11.9 Å². The van der Waals surface area contributed by atoms with Crippen molar-refractivity contribution in [2.45, 2.75) is 51.4 Å². The summed E-state index contributed by atoms with van der Waals surface area (Å²) in [5.41, 5.74) is 0. The molecule has 1 saturated heterocycles. The van der Waals surface area contributed by atoms with Gasteiger partial charge in [0.2, 0.25) is 11.7 Å². The Morgan fingerprint density at radius 1 is 1.40 bits per heavy atom. The van der Waals surface area contributed by atoms with Crippen LogP contribution in [0.5, 0.6) is 0 Å². The molecular weight excluding hydrogens is 262 g/mol. The Morgan fingerprint density at radius 2 is 2.20 bits per heavy atom. The summed E-state index contributed by atoms with van der Waals surface area (Å²) in [5, 5.41) is 11.4. The zero-order valence-electron chi connectivity index (χ0n) is 11.4. The number of rotatable bonds is 6. The molecule has 0 aromatic carbocycles. The van der Waals surface area contributed by atoms with Crippen molar-refractivity contribution in [1.29, 1.82) is 0 Å². The summed E-state index contributed by atoms with van der Waals surface area (Å²) in [5.74, 6) is -0.888. The van der Waals surface area contributed by atoms with Crippen molar-refractivity contribution < 1.29 is 23.8 Å². The van der Waals surface area contributed by atoms with Gasteiger partial charge in [0, 0.05) is 6.42 Å². The normalized spacial score (nSPS) is 21.9. The number of carbonyl (C=O) groups is 2. The average Bonchev–Trinajstić information content (AvgIpc) is 3.03. The van der Waals surface area contributed by atoms with E-state index < -0.39 is 5.97 Å². The lowest BCUT2D eigenvalue weighted by Crippen LogP contribution is -2.23. The quantitative estimate of drug-likeness (QED) is 0.831. The first-order valence-corrected chi connectivity index (χ1v) is 6.78. The van der Waals surface area contributed by atoms with E-state index in [1.807, 2.05) is 6.92 Å². The van der Waals surface area contributed by atoms with Gasteiger partial charge in [-0.05, 0) is 38.3 Å². The molecule has 20 heavy (non-hydrogen) atoms. The lowest BCUT2D eigenvalue weighted by molar-refractivity contribution is -0.122. The zero-order valence-corrected chi connectivity index (χ0v) is 11.4. The third-order valence-corrected chi connectivity index (χ3v) is 3.35. The highest BCUT2D eigenvalue weighted by Crippen LogP contribution is 2.22. The first-order valence-electron chi connectivity index (χ1n) is 6.78. The van der Waals surface area contributed by atoms with Gasteiger partial charge in [-0.3, -0.25) is 4.79 Å². The van der Waals surface area contributed by atoms with Crippen molar-refractivity contribution in [2.24, 2.45) is 0 Å². The van der Waals surface area contributed by atoms with E-state index in [2.05, 4.69) is 5.32 Å². The van der Waals surface area contributed by atoms with Crippen LogP contribution in [-0.2, 0) is 16.1 Å². The average molecular weight is 281 g/mol. The number of carbonyl (C=O) groups excluding carboxylic acids is 1. The molecule has 0 spiro atoms. The lowest BCUT2D eigenvalue weighted by Gasteiger charge is -2.10. The minimum Gasteiger partial charge on any atom is -0.475 e. The lowest BCUT2D eigenvalue weighted by atomic mass is 10.1. The van der Waals surface area contributed by atoms with Crippen LogP contribution < -0.4 is 5.32 Å². The van der Waals surface area contributed by atoms with Gasteiger partial charge in [-0.15, -0.1) is 0 Å². The van der Waals surface area contributed by atoms with E-state index in [1.54, 1.807) is 6.07 Å². The fraction of sp³-hybridized carbons (Fsp3) is 0.571. The third-order valence-electron chi connectivity index (χ3n) is 3.35. The fourth-order valence-electron chi connectivity index (χ4n) is 2.25. The molecule has 1 fully saturated rings. The number of hydrogen-bond acceptors (Lipinski definition) is 4. The molecule has 2 N–H and O–H groups in total. The number of carboxylic acids is 1. The Kier molecular flexibility index (Phi) is 4.79. The Morgan fingerprint density at radius 3 is 2.80 bits per heavy atom. The van der Waals surface area contributed by atoms with E-state index in [0.717, 1.165) is 12.8 Å². The van der Waals surface area contributed by atoms with Crippen LogP contribution in [0.15, 0.2) is 16.5 Å². The zero-order chi connectivity index (χ0) is 14.5. The summed E-state index contributed by atoms with van der Waals surface area (Å²) in [7, 11) is 0. The molecule has 0 unspecified atom stereocenters.